The van der Waals surface area contributed by atoms with Crippen LogP contribution in [0.4, 0.5) is 0 Å². The van der Waals surface area contributed by atoms with Gasteiger partial charge in [0.2, 0.25) is 0 Å². The SMILES string of the molecule is Cc1nonc1C(=O)C1[C@H]2[C@@H]1C(=O)O[C@@H]2CO. The van der Waals surface area contributed by atoms with Crippen LogP contribution >= 0.6 is 0 Å². The number of aryl methyl sites for hydroxylation is 1. The van der Waals surface area contributed by atoms with Gasteiger partial charge in [-0.15, -0.1) is 0 Å². The van der Waals surface area contributed by atoms with E-state index in [9.17, 15) is 9.59 Å². The Morgan fingerprint density at radius 3 is 2.82 bits per heavy atom. The van der Waals surface area contributed by atoms with Crippen molar-refractivity contribution in [3.8, 4) is 0 Å². The maximum absolute atomic E-state index is 12.1. The Labute approximate surface area is 95.7 Å². The predicted molar refractivity (Wildman–Crippen MR) is 50.8 cm³/mol. The Hall–Kier alpha value is -1.76. The molecular formula is C10H10N2O5. The highest BCUT2D eigenvalue weighted by Gasteiger charge is 2.68. The van der Waals surface area contributed by atoms with E-state index >= 15 is 0 Å². The molecular weight excluding hydrogens is 228 g/mol. The fourth-order valence-corrected chi connectivity index (χ4v) is 2.52. The molecule has 90 valence electrons. The molecule has 2 heterocycles. The molecule has 4 atom stereocenters. The lowest BCUT2D eigenvalue weighted by molar-refractivity contribution is -0.147. The summed E-state index contributed by atoms with van der Waals surface area (Å²) in [6, 6.07) is 0. The minimum Gasteiger partial charge on any atom is -0.459 e. The zero-order valence-corrected chi connectivity index (χ0v) is 8.99. The summed E-state index contributed by atoms with van der Waals surface area (Å²) < 4.78 is 9.36. The van der Waals surface area contributed by atoms with Gasteiger partial charge < -0.3 is 9.84 Å². The Balaban J connectivity index is 1.83. The molecule has 1 aromatic heterocycles. The third kappa shape index (κ3) is 1.32. The molecule has 0 spiro atoms. The molecule has 7 heteroatoms. The number of aliphatic hydroxyl groups is 1. The van der Waals surface area contributed by atoms with Crippen molar-refractivity contribution < 1.29 is 24.1 Å². The molecule has 3 rings (SSSR count). The molecule has 1 N–H and O–H groups in total. The summed E-state index contributed by atoms with van der Waals surface area (Å²) >= 11 is 0. The van der Waals surface area contributed by atoms with Crippen LogP contribution in [0.1, 0.15) is 16.2 Å². The number of rotatable bonds is 3. The van der Waals surface area contributed by atoms with Crippen LogP contribution in [0.15, 0.2) is 4.63 Å². The van der Waals surface area contributed by atoms with E-state index in [2.05, 4.69) is 14.9 Å². The van der Waals surface area contributed by atoms with Crippen molar-refractivity contribution in [2.24, 2.45) is 17.8 Å². The average molecular weight is 238 g/mol. The van der Waals surface area contributed by atoms with Crippen molar-refractivity contribution in [1.82, 2.24) is 10.3 Å². The van der Waals surface area contributed by atoms with E-state index in [0.29, 0.717) is 5.69 Å². The number of fused-ring (bicyclic) bond motifs is 1. The van der Waals surface area contributed by atoms with Gasteiger partial charge in [-0.25, -0.2) is 4.63 Å². The lowest BCUT2D eigenvalue weighted by atomic mass is 10.1. The van der Waals surface area contributed by atoms with Crippen molar-refractivity contribution in [1.29, 1.82) is 0 Å². The molecule has 1 aliphatic carbocycles. The van der Waals surface area contributed by atoms with Gasteiger partial charge in [0, 0.05) is 11.8 Å². The van der Waals surface area contributed by atoms with Crippen LogP contribution in [0.3, 0.4) is 0 Å². The number of ketones is 1. The average Bonchev–Trinajstić information content (AvgIpc) is 2.77. The molecule has 0 amide bonds. The smallest absolute Gasteiger partial charge is 0.310 e. The van der Waals surface area contributed by atoms with E-state index in [1.807, 2.05) is 0 Å². The molecule has 2 fully saturated rings. The van der Waals surface area contributed by atoms with Crippen LogP contribution in [0.5, 0.6) is 0 Å². The maximum Gasteiger partial charge on any atom is 0.310 e. The van der Waals surface area contributed by atoms with E-state index in [1.54, 1.807) is 6.92 Å². The van der Waals surface area contributed by atoms with Crippen molar-refractivity contribution in [2.45, 2.75) is 13.0 Å². The largest absolute Gasteiger partial charge is 0.459 e. The van der Waals surface area contributed by atoms with Crippen molar-refractivity contribution >= 4 is 11.8 Å². The second-order valence-corrected chi connectivity index (χ2v) is 4.35. The minimum atomic E-state index is -0.568. The fourth-order valence-electron chi connectivity index (χ4n) is 2.52. The number of aromatic nitrogens is 2. The third-order valence-electron chi connectivity index (χ3n) is 3.41. The second kappa shape index (κ2) is 3.36. The van der Waals surface area contributed by atoms with E-state index < -0.39 is 23.9 Å². The quantitative estimate of drug-likeness (QED) is 0.550. The first kappa shape index (κ1) is 10.4. The molecule has 0 aromatic carbocycles. The first-order valence-corrected chi connectivity index (χ1v) is 5.30. The predicted octanol–water partition coefficient (Wildman–Crippen LogP) is -0.659. The highest BCUT2D eigenvalue weighted by molar-refractivity contribution is 6.03. The second-order valence-electron chi connectivity index (χ2n) is 4.35. The Kier molecular flexibility index (Phi) is 2.06. The number of nitrogens with zero attached hydrogens (tertiary/aromatic N) is 2. The van der Waals surface area contributed by atoms with E-state index in [4.69, 9.17) is 9.84 Å². The van der Waals surface area contributed by atoms with Crippen LogP contribution in [0, 0.1) is 24.7 Å². The van der Waals surface area contributed by atoms with Crippen LogP contribution in [0.2, 0.25) is 0 Å². The standard InChI is InChI=1S/C10H10N2O5/c1-3-8(12-17-11-3)9(14)6-5-4(2-13)16-10(15)7(5)6/h4-7,13H,2H2,1H3/t4-,5+,6?,7+/m1/s1. The molecule has 1 aliphatic heterocycles. The van der Waals surface area contributed by atoms with Gasteiger partial charge in [0.1, 0.15) is 11.8 Å². The van der Waals surface area contributed by atoms with Crippen LogP contribution in [-0.4, -0.2) is 39.9 Å². The van der Waals surface area contributed by atoms with Crippen LogP contribution < -0.4 is 0 Å². The normalized spacial score (nSPS) is 34.4. The summed E-state index contributed by atoms with van der Waals surface area (Å²) in [7, 11) is 0. The van der Waals surface area contributed by atoms with Gasteiger partial charge in [0.05, 0.1) is 12.5 Å². The first-order chi connectivity index (χ1) is 8.15. The summed E-state index contributed by atoms with van der Waals surface area (Å²) in [4.78, 5) is 23.5. The molecule has 0 bridgehead atoms. The number of Topliss-reactive ketones (excluding diaryl/α,β-unsaturated/α-hetero) is 1. The minimum absolute atomic E-state index is 0.161. The van der Waals surface area contributed by atoms with Crippen LogP contribution in [0.25, 0.3) is 0 Å². The molecule has 1 aromatic rings. The number of cyclic esters (lactones) is 1. The van der Waals surface area contributed by atoms with Crippen LogP contribution in [-0.2, 0) is 9.53 Å². The molecule has 7 nitrogen and oxygen atoms in total. The lowest BCUT2D eigenvalue weighted by Crippen LogP contribution is -2.23. The number of ether oxygens (including phenoxy) is 1. The zero-order chi connectivity index (χ0) is 12.2. The highest BCUT2D eigenvalue weighted by Crippen LogP contribution is 2.56. The number of carbonyl (C=O) groups is 2. The molecule has 17 heavy (non-hydrogen) atoms. The topological polar surface area (TPSA) is 103 Å². The summed E-state index contributed by atoms with van der Waals surface area (Å²) in [6.07, 6.45) is -0.568. The lowest BCUT2D eigenvalue weighted by Gasteiger charge is -2.10. The van der Waals surface area contributed by atoms with Gasteiger partial charge in [-0.3, -0.25) is 9.59 Å². The summed E-state index contributed by atoms with van der Waals surface area (Å²) in [5, 5.41) is 16.1. The van der Waals surface area contributed by atoms with Crippen molar-refractivity contribution in [3.05, 3.63) is 11.4 Å². The maximum atomic E-state index is 12.1. The van der Waals surface area contributed by atoms with E-state index in [-0.39, 0.29) is 24.0 Å². The molecule has 1 saturated heterocycles. The van der Waals surface area contributed by atoms with E-state index in [0.717, 1.165) is 0 Å². The van der Waals surface area contributed by atoms with E-state index in [1.165, 1.54) is 0 Å². The van der Waals surface area contributed by atoms with Crippen molar-refractivity contribution in [2.75, 3.05) is 6.61 Å². The number of esters is 1. The van der Waals surface area contributed by atoms with Gasteiger partial charge >= 0.3 is 5.97 Å². The highest BCUT2D eigenvalue weighted by atomic mass is 16.6. The fraction of sp³-hybridized carbons (Fsp3) is 0.600. The Morgan fingerprint density at radius 2 is 2.24 bits per heavy atom. The van der Waals surface area contributed by atoms with Gasteiger partial charge in [-0.1, -0.05) is 5.16 Å². The number of hydrogen-bond donors (Lipinski definition) is 1. The van der Waals surface area contributed by atoms with Crippen molar-refractivity contribution in [3.63, 3.8) is 0 Å². The molecule has 1 unspecified atom stereocenters. The van der Waals surface area contributed by atoms with Gasteiger partial charge in [0.25, 0.3) is 0 Å². The number of hydrogen-bond acceptors (Lipinski definition) is 7. The summed E-state index contributed by atoms with van der Waals surface area (Å²) in [5.74, 6) is -1.78. The third-order valence-corrected chi connectivity index (χ3v) is 3.41. The van der Waals surface area contributed by atoms with Gasteiger partial charge in [0.15, 0.2) is 11.5 Å². The molecule has 2 aliphatic rings. The molecule has 0 radical (unpaired) electrons. The van der Waals surface area contributed by atoms with Gasteiger partial charge in [-0.2, -0.15) is 0 Å². The Bertz CT molecular complexity index is 497. The number of aliphatic hydroxyl groups excluding tert-OH is 1. The zero-order valence-electron chi connectivity index (χ0n) is 8.99. The monoisotopic (exact) mass is 238 g/mol. The molecule has 1 saturated carbocycles. The summed E-state index contributed by atoms with van der Waals surface area (Å²) in [6.45, 7) is 1.36. The first-order valence-electron chi connectivity index (χ1n) is 5.30. The number of carbonyl (C=O) groups excluding carboxylic acids is 2. The van der Waals surface area contributed by atoms with Gasteiger partial charge in [-0.05, 0) is 12.1 Å². The summed E-state index contributed by atoms with van der Waals surface area (Å²) in [5.41, 5.74) is 0.572. The Morgan fingerprint density at radius 1 is 1.47 bits per heavy atom.